The highest BCUT2D eigenvalue weighted by Gasteiger charge is 2.35. The molecule has 18 heavy (non-hydrogen) atoms. The molecule has 0 amide bonds. The summed E-state index contributed by atoms with van der Waals surface area (Å²) in [5.41, 5.74) is 1.52. The topological polar surface area (TPSA) is 18.5 Å². The van der Waals surface area contributed by atoms with E-state index in [4.69, 9.17) is 4.74 Å². The summed E-state index contributed by atoms with van der Waals surface area (Å²) < 4.78 is 33.9. The van der Waals surface area contributed by atoms with Gasteiger partial charge in [-0.1, -0.05) is 31.5 Å². The van der Waals surface area contributed by atoms with E-state index in [2.05, 4.69) is 4.74 Å². The Hall–Kier alpha value is -1.16. The highest BCUT2D eigenvalue weighted by molar-refractivity contribution is 5.41. The lowest BCUT2D eigenvalue weighted by Crippen LogP contribution is -2.36. The molecule has 2 nitrogen and oxygen atoms in total. The summed E-state index contributed by atoms with van der Waals surface area (Å²) in [6.45, 7) is 4.93. The van der Waals surface area contributed by atoms with E-state index in [0.29, 0.717) is 6.42 Å². The molecule has 1 atom stereocenters. The molecule has 0 saturated carbocycles. The summed E-state index contributed by atoms with van der Waals surface area (Å²) in [5.74, 6) is 0.769. The van der Waals surface area contributed by atoms with E-state index < -0.39 is 12.2 Å². The van der Waals surface area contributed by atoms with E-state index in [-0.39, 0.29) is 6.61 Å². The summed E-state index contributed by atoms with van der Waals surface area (Å²) in [4.78, 5) is 0. The Balaban J connectivity index is 0.000000771. The quantitative estimate of drug-likeness (QED) is 0.817. The van der Waals surface area contributed by atoms with E-state index in [1.54, 1.807) is 6.92 Å². The lowest BCUT2D eigenvalue weighted by molar-refractivity contribution is -0.158. The number of benzene rings is 1. The maximum absolute atomic E-state index is 12.0. The molecule has 2 rings (SSSR count). The van der Waals surface area contributed by atoms with Crippen LogP contribution in [-0.4, -0.2) is 18.8 Å². The predicted octanol–water partition coefficient (Wildman–Crippen LogP) is 3.95. The number of aryl methyl sites for hydroxylation is 1. The van der Waals surface area contributed by atoms with E-state index in [1.165, 1.54) is 0 Å². The van der Waals surface area contributed by atoms with Crippen molar-refractivity contribution >= 4 is 0 Å². The molecule has 1 aromatic carbocycles. The molecule has 0 fully saturated rings. The van der Waals surface area contributed by atoms with Gasteiger partial charge in [-0.2, -0.15) is 8.78 Å². The zero-order chi connectivity index (χ0) is 13.8. The minimum Gasteiger partial charge on any atom is -0.485 e. The molecule has 1 aliphatic rings. The second kappa shape index (κ2) is 6.14. The zero-order valence-electron chi connectivity index (χ0n) is 11.3. The van der Waals surface area contributed by atoms with Crippen LogP contribution in [0, 0.1) is 6.92 Å². The molecule has 1 unspecified atom stereocenters. The van der Waals surface area contributed by atoms with Crippen LogP contribution in [-0.2, 0) is 11.2 Å². The second-order valence-corrected chi connectivity index (χ2v) is 4.41. The largest absolute Gasteiger partial charge is 0.485 e. The first-order valence-electron chi connectivity index (χ1n) is 6.17. The number of hydrogen-bond donors (Lipinski definition) is 0. The van der Waals surface area contributed by atoms with Gasteiger partial charge in [0.15, 0.2) is 0 Å². The van der Waals surface area contributed by atoms with Gasteiger partial charge in [0.05, 0.1) is 6.61 Å². The van der Waals surface area contributed by atoms with Crippen LogP contribution < -0.4 is 4.74 Å². The van der Waals surface area contributed by atoms with Gasteiger partial charge in [-0.15, -0.1) is 0 Å². The molecule has 102 valence electrons. The summed E-state index contributed by atoms with van der Waals surface area (Å²) in [6, 6.07) is 5.83. The normalized spacial score (nSPS) is 21.1. The molecule has 0 aromatic heterocycles. The Labute approximate surface area is 107 Å². The summed E-state index contributed by atoms with van der Waals surface area (Å²) in [6.07, 6.45) is 0.608. The molecule has 1 aromatic rings. The molecule has 0 radical (unpaired) electrons. The molecule has 4 heteroatoms. The van der Waals surface area contributed by atoms with Crippen molar-refractivity contribution in [3.8, 4) is 5.75 Å². The van der Waals surface area contributed by atoms with Crippen molar-refractivity contribution in [1.29, 1.82) is 0 Å². The molecule has 0 saturated heterocycles. The summed E-state index contributed by atoms with van der Waals surface area (Å²) in [5, 5.41) is 0. The van der Waals surface area contributed by atoms with Gasteiger partial charge in [0.25, 0.3) is 0 Å². The SMILES string of the molecule is CC.Cc1ccc2c(c1)CC(C)(COC(F)F)O2. The monoisotopic (exact) mass is 258 g/mol. The fraction of sp³-hybridized carbons (Fsp3) is 0.571. The van der Waals surface area contributed by atoms with Gasteiger partial charge in [0.2, 0.25) is 0 Å². The number of fused-ring (bicyclic) bond motifs is 1. The lowest BCUT2D eigenvalue weighted by Gasteiger charge is -2.23. The lowest BCUT2D eigenvalue weighted by atomic mass is 9.99. The van der Waals surface area contributed by atoms with Crippen LogP contribution in [0.4, 0.5) is 8.78 Å². The van der Waals surface area contributed by atoms with Gasteiger partial charge in [-0.25, -0.2) is 0 Å². The standard InChI is InChI=1S/C12H14F2O2.C2H6/c1-8-3-4-10-9(5-8)6-12(2,16-10)7-15-11(13)14;1-2/h3-5,11H,6-7H2,1-2H3;1-2H3. The van der Waals surface area contributed by atoms with Gasteiger partial charge in [-0.3, -0.25) is 0 Å². The molecule has 0 N–H and O–H groups in total. The average Bonchev–Trinajstić information content (AvgIpc) is 2.65. The third-order valence-electron chi connectivity index (χ3n) is 2.65. The van der Waals surface area contributed by atoms with Crippen molar-refractivity contribution in [1.82, 2.24) is 0 Å². The molecule has 0 bridgehead atoms. The van der Waals surface area contributed by atoms with Gasteiger partial charge >= 0.3 is 6.61 Å². The van der Waals surface area contributed by atoms with Crippen LogP contribution in [0.1, 0.15) is 31.9 Å². The number of halogens is 2. The van der Waals surface area contributed by atoms with Gasteiger partial charge in [-0.05, 0) is 25.5 Å². The maximum Gasteiger partial charge on any atom is 0.345 e. The fourth-order valence-electron chi connectivity index (χ4n) is 1.97. The van der Waals surface area contributed by atoms with Crippen molar-refractivity contribution in [2.24, 2.45) is 0 Å². The summed E-state index contributed by atoms with van der Waals surface area (Å²) >= 11 is 0. The molecular weight excluding hydrogens is 238 g/mol. The Morgan fingerprint density at radius 3 is 2.67 bits per heavy atom. The number of ether oxygens (including phenoxy) is 2. The fourth-order valence-corrected chi connectivity index (χ4v) is 1.97. The van der Waals surface area contributed by atoms with Gasteiger partial charge in [0, 0.05) is 6.42 Å². The highest BCUT2D eigenvalue weighted by Crippen LogP contribution is 2.35. The Kier molecular flexibility index (Phi) is 5.08. The van der Waals surface area contributed by atoms with Crippen LogP contribution in [0.15, 0.2) is 18.2 Å². The van der Waals surface area contributed by atoms with E-state index in [9.17, 15) is 8.78 Å². The molecular formula is C14H20F2O2. The number of hydrogen-bond acceptors (Lipinski definition) is 2. The van der Waals surface area contributed by atoms with Crippen LogP contribution >= 0.6 is 0 Å². The first-order valence-corrected chi connectivity index (χ1v) is 6.17. The van der Waals surface area contributed by atoms with E-state index in [0.717, 1.165) is 16.9 Å². The second-order valence-electron chi connectivity index (χ2n) is 4.41. The first kappa shape index (κ1) is 14.9. The maximum atomic E-state index is 12.0. The van der Waals surface area contributed by atoms with Crippen molar-refractivity contribution in [3.05, 3.63) is 29.3 Å². The Bertz CT molecular complexity index is 393. The van der Waals surface area contributed by atoms with E-state index >= 15 is 0 Å². The molecule has 0 spiro atoms. The zero-order valence-corrected chi connectivity index (χ0v) is 11.3. The van der Waals surface area contributed by atoms with Crippen LogP contribution in [0.3, 0.4) is 0 Å². The van der Waals surface area contributed by atoms with E-state index in [1.807, 2.05) is 39.0 Å². The number of rotatable bonds is 3. The molecule has 1 aliphatic heterocycles. The third-order valence-corrected chi connectivity index (χ3v) is 2.65. The van der Waals surface area contributed by atoms with Crippen molar-refractivity contribution < 1.29 is 18.3 Å². The predicted molar refractivity (Wildman–Crippen MR) is 67.2 cm³/mol. The smallest absolute Gasteiger partial charge is 0.345 e. The molecule has 0 aliphatic carbocycles. The van der Waals surface area contributed by atoms with Crippen LogP contribution in [0.5, 0.6) is 5.75 Å². The van der Waals surface area contributed by atoms with Gasteiger partial charge in [0.1, 0.15) is 11.4 Å². The third kappa shape index (κ3) is 3.67. The van der Waals surface area contributed by atoms with Crippen molar-refractivity contribution in [2.75, 3.05) is 6.61 Å². The number of alkyl halides is 2. The molecule has 1 heterocycles. The van der Waals surface area contributed by atoms with Crippen molar-refractivity contribution in [2.45, 2.75) is 46.3 Å². The van der Waals surface area contributed by atoms with Crippen LogP contribution in [0.25, 0.3) is 0 Å². The highest BCUT2D eigenvalue weighted by atomic mass is 19.3. The average molecular weight is 258 g/mol. The first-order chi connectivity index (χ1) is 8.48. The minimum absolute atomic E-state index is 0.0988. The Morgan fingerprint density at radius 2 is 2.06 bits per heavy atom. The minimum atomic E-state index is -2.74. The summed E-state index contributed by atoms with van der Waals surface area (Å²) in [7, 11) is 0. The van der Waals surface area contributed by atoms with Crippen LogP contribution in [0.2, 0.25) is 0 Å². The van der Waals surface area contributed by atoms with Crippen molar-refractivity contribution in [3.63, 3.8) is 0 Å². The Morgan fingerprint density at radius 1 is 1.39 bits per heavy atom. The van der Waals surface area contributed by atoms with Gasteiger partial charge < -0.3 is 9.47 Å².